The molecule has 1 aromatic carbocycles. The van der Waals surface area contributed by atoms with Crippen molar-refractivity contribution < 1.29 is 14.9 Å². The summed E-state index contributed by atoms with van der Waals surface area (Å²) >= 11 is 1.53. The monoisotopic (exact) mass is 433 g/mol. The smallest absolute Gasteiger partial charge is 0.190 e. The molecule has 3 aromatic heterocycles. The van der Waals surface area contributed by atoms with Crippen molar-refractivity contribution in [2.24, 2.45) is 0 Å². The minimum Gasteiger partial charge on any atom is -0.388 e. The number of thiophene rings is 1. The molecule has 3 atom stereocenters. The van der Waals surface area contributed by atoms with Crippen LogP contribution in [0.4, 0.5) is 5.82 Å². The quantitative estimate of drug-likeness (QED) is 0.426. The van der Waals surface area contributed by atoms with E-state index in [-0.39, 0.29) is 6.61 Å². The molecule has 5 rings (SSSR count). The molecule has 0 bridgehead atoms. The van der Waals surface area contributed by atoms with Crippen LogP contribution in [0.3, 0.4) is 0 Å². The van der Waals surface area contributed by atoms with Crippen molar-refractivity contribution in [1.82, 2.24) is 19.5 Å². The lowest BCUT2D eigenvalue weighted by Crippen LogP contribution is -2.29. The largest absolute Gasteiger partial charge is 0.388 e. The summed E-state index contributed by atoms with van der Waals surface area (Å²) in [6, 6.07) is 13.4. The lowest BCUT2D eigenvalue weighted by Gasteiger charge is -2.18. The standard InChI is InChI=1S/C22H19N5O3S/c1-23-20-17-21(26-19(25-20)15-8-5-11-31-15)27(22-18(29)14(28)12-30-22)16(24-17)10-9-13-6-3-2-4-7-13/h2-8,11,14,18,22,28-29H,12H2,1H3,(H,23,25,26)/t14-,18-,22-/m1/s1. The van der Waals surface area contributed by atoms with Crippen molar-refractivity contribution in [1.29, 1.82) is 0 Å². The zero-order valence-electron chi connectivity index (χ0n) is 16.6. The number of ether oxygens (including phenoxy) is 1. The van der Waals surface area contributed by atoms with Crippen molar-refractivity contribution in [3.8, 4) is 22.5 Å². The third-order valence-corrected chi connectivity index (χ3v) is 5.85. The van der Waals surface area contributed by atoms with Gasteiger partial charge in [0.1, 0.15) is 12.2 Å². The Balaban J connectivity index is 1.74. The molecule has 0 amide bonds. The maximum Gasteiger partial charge on any atom is 0.190 e. The first kappa shape index (κ1) is 19.7. The second-order valence-electron chi connectivity index (χ2n) is 7.00. The molecule has 3 N–H and O–H groups in total. The summed E-state index contributed by atoms with van der Waals surface area (Å²) in [7, 11) is 1.76. The second-order valence-corrected chi connectivity index (χ2v) is 7.95. The number of nitrogens with zero attached hydrogens (tertiary/aromatic N) is 4. The van der Waals surface area contributed by atoms with Gasteiger partial charge in [-0.1, -0.05) is 30.2 Å². The minimum atomic E-state index is -1.13. The summed E-state index contributed by atoms with van der Waals surface area (Å²) in [5, 5.41) is 25.6. The summed E-state index contributed by atoms with van der Waals surface area (Å²) in [5.41, 5.74) is 1.81. The lowest BCUT2D eigenvalue weighted by molar-refractivity contribution is -0.0167. The average Bonchev–Trinajstić information content (AvgIpc) is 3.52. The fourth-order valence-electron chi connectivity index (χ4n) is 3.45. The molecule has 1 aliphatic rings. The van der Waals surface area contributed by atoms with E-state index in [4.69, 9.17) is 9.72 Å². The molecule has 156 valence electrons. The summed E-state index contributed by atoms with van der Waals surface area (Å²) in [6.07, 6.45) is -3.00. The van der Waals surface area contributed by atoms with Gasteiger partial charge in [0.2, 0.25) is 0 Å². The number of hydrogen-bond acceptors (Lipinski definition) is 8. The average molecular weight is 433 g/mol. The number of hydrogen-bond donors (Lipinski definition) is 3. The predicted molar refractivity (Wildman–Crippen MR) is 118 cm³/mol. The van der Waals surface area contributed by atoms with E-state index < -0.39 is 18.4 Å². The van der Waals surface area contributed by atoms with Crippen LogP contribution in [0.5, 0.6) is 0 Å². The van der Waals surface area contributed by atoms with Crippen LogP contribution in [0.15, 0.2) is 47.8 Å². The Hall–Kier alpha value is -3.29. The molecule has 1 saturated heterocycles. The maximum absolute atomic E-state index is 10.5. The number of aliphatic hydroxyl groups excluding tert-OH is 2. The molecule has 8 nitrogen and oxygen atoms in total. The number of benzene rings is 1. The summed E-state index contributed by atoms with van der Waals surface area (Å²) in [6.45, 7) is 0.0127. The fraction of sp³-hybridized carbons (Fsp3) is 0.227. The van der Waals surface area contributed by atoms with Gasteiger partial charge >= 0.3 is 0 Å². The molecular weight excluding hydrogens is 414 g/mol. The highest BCUT2D eigenvalue weighted by molar-refractivity contribution is 7.13. The molecular formula is C22H19N5O3S. The number of anilines is 1. The van der Waals surface area contributed by atoms with Crippen LogP contribution in [0.1, 0.15) is 17.6 Å². The van der Waals surface area contributed by atoms with Gasteiger partial charge in [0.25, 0.3) is 0 Å². The molecule has 0 spiro atoms. The first-order valence-corrected chi connectivity index (χ1v) is 10.6. The van der Waals surface area contributed by atoms with Gasteiger partial charge in [-0.25, -0.2) is 15.0 Å². The topological polar surface area (TPSA) is 105 Å². The Labute approximate surface area is 182 Å². The van der Waals surface area contributed by atoms with Gasteiger partial charge in [0.15, 0.2) is 34.9 Å². The van der Waals surface area contributed by atoms with E-state index in [0.29, 0.717) is 28.6 Å². The molecule has 9 heteroatoms. The van der Waals surface area contributed by atoms with Crippen molar-refractivity contribution in [3.05, 3.63) is 59.2 Å². The van der Waals surface area contributed by atoms with Crippen LogP contribution in [-0.4, -0.2) is 55.6 Å². The van der Waals surface area contributed by atoms with Gasteiger partial charge in [-0.3, -0.25) is 4.57 Å². The van der Waals surface area contributed by atoms with Crippen LogP contribution < -0.4 is 5.32 Å². The van der Waals surface area contributed by atoms with Crippen LogP contribution in [0.2, 0.25) is 0 Å². The summed E-state index contributed by atoms with van der Waals surface area (Å²) < 4.78 is 7.35. The van der Waals surface area contributed by atoms with Gasteiger partial charge in [-0.05, 0) is 29.5 Å². The van der Waals surface area contributed by atoms with E-state index in [2.05, 4.69) is 27.1 Å². The highest BCUT2D eigenvalue weighted by atomic mass is 32.1. The maximum atomic E-state index is 10.5. The third kappa shape index (κ3) is 3.56. The van der Waals surface area contributed by atoms with E-state index in [0.717, 1.165) is 10.4 Å². The zero-order valence-corrected chi connectivity index (χ0v) is 17.4. The summed E-state index contributed by atoms with van der Waals surface area (Å²) in [4.78, 5) is 14.9. The number of aliphatic hydroxyl groups is 2. The lowest BCUT2D eigenvalue weighted by atomic mass is 10.2. The van der Waals surface area contributed by atoms with Crippen molar-refractivity contribution in [3.63, 3.8) is 0 Å². The van der Waals surface area contributed by atoms with Crippen molar-refractivity contribution in [2.75, 3.05) is 19.0 Å². The van der Waals surface area contributed by atoms with E-state index in [1.807, 2.05) is 47.8 Å². The van der Waals surface area contributed by atoms with Crippen LogP contribution in [-0.2, 0) is 4.74 Å². The normalized spacial score (nSPS) is 20.5. The molecule has 0 radical (unpaired) electrons. The number of nitrogens with one attached hydrogen (secondary N) is 1. The third-order valence-electron chi connectivity index (χ3n) is 4.99. The number of fused-ring (bicyclic) bond motifs is 1. The van der Waals surface area contributed by atoms with Gasteiger partial charge in [-0.2, -0.15) is 0 Å². The molecule has 1 aliphatic heterocycles. The Bertz CT molecular complexity index is 1280. The van der Waals surface area contributed by atoms with Crippen LogP contribution in [0, 0.1) is 11.8 Å². The van der Waals surface area contributed by atoms with Gasteiger partial charge in [0, 0.05) is 12.6 Å². The first-order chi connectivity index (χ1) is 15.2. The predicted octanol–water partition coefficient (Wildman–Crippen LogP) is 2.25. The number of aromatic nitrogens is 4. The van der Waals surface area contributed by atoms with Gasteiger partial charge in [-0.15, -0.1) is 11.3 Å². The van der Waals surface area contributed by atoms with Gasteiger partial charge < -0.3 is 20.3 Å². The Morgan fingerprint density at radius 3 is 2.61 bits per heavy atom. The Morgan fingerprint density at radius 1 is 1.10 bits per heavy atom. The van der Waals surface area contributed by atoms with E-state index in [9.17, 15) is 10.2 Å². The minimum absolute atomic E-state index is 0.0127. The van der Waals surface area contributed by atoms with Crippen LogP contribution >= 0.6 is 11.3 Å². The molecule has 0 saturated carbocycles. The highest BCUT2D eigenvalue weighted by Gasteiger charge is 2.38. The number of rotatable bonds is 3. The molecule has 1 fully saturated rings. The molecule has 4 aromatic rings. The number of imidazole rings is 1. The fourth-order valence-corrected chi connectivity index (χ4v) is 4.11. The Morgan fingerprint density at radius 2 is 1.94 bits per heavy atom. The van der Waals surface area contributed by atoms with Crippen LogP contribution in [0.25, 0.3) is 21.9 Å². The molecule has 31 heavy (non-hydrogen) atoms. The SMILES string of the molecule is CNc1nc(-c2cccs2)nc2c1nc(C#Cc1ccccc1)n2[C@@H]1OC[C@@H](O)[C@H]1O. The van der Waals surface area contributed by atoms with E-state index in [1.165, 1.54) is 11.3 Å². The van der Waals surface area contributed by atoms with Crippen molar-refractivity contribution >= 4 is 28.3 Å². The first-order valence-electron chi connectivity index (χ1n) is 9.72. The molecule has 0 unspecified atom stereocenters. The molecule has 0 aliphatic carbocycles. The van der Waals surface area contributed by atoms with E-state index in [1.54, 1.807) is 11.6 Å². The highest BCUT2D eigenvalue weighted by Crippen LogP contribution is 2.33. The summed E-state index contributed by atoms with van der Waals surface area (Å²) in [5.74, 6) is 7.61. The molecule has 4 heterocycles. The zero-order chi connectivity index (χ0) is 21.4. The van der Waals surface area contributed by atoms with Crippen molar-refractivity contribution in [2.45, 2.75) is 18.4 Å². The second kappa shape index (κ2) is 8.09. The van der Waals surface area contributed by atoms with Gasteiger partial charge in [0.05, 0.1) is 11.5 Å². The Kier molecular flexibility index (Phi) is 5.13. The van der Waals surface area contributed by atoms with E-state index >= 15 is 0 Å².